The second kappa shape index (κ2) is 7.50. The molecule has 0 aromatic heterocycles. The van der Waals surface area contributed by atoms with Gasteiger partial charge in [-0.3, -0.25) is 0 Å². The molecule has 0 radical (unpaired) electrons. The van der Waals surface area contributed by atoms with Crippen molar-refractivity contribution in [2.24, 2.45) is 0 Å². The highest BCUT2D eigenvalue weighted by atomic mass is 16.5. The van der Waals surface area contributed by atoms with Gasteiger partial charge in [0.1, 0.15) is 0 Å². The summed E-state index contributed by atoms with van der Waals surface area (Å²) in [7, 11) is 0. The third kappa shape index (κ3) is 7.50. The van der Waals surface area contributed by atoms with Gasteiger partial charge in [0.15, 0.2) is 0 Å². The van der Waals surface area contributed by atoms with E-state index in [2.05, 4.69) is 0 Å². The molecule has 0 atom stereocenters. The molecule has 0 amide bonds. The predicted molar refractivity (Wildman–Crippen MR) is 37.3 cm³/mol. The third-order valence-electron chi connectivity index (χ3n) is 0.777. The fourth-order valence-electron chi connectivity index (χ4n) is 0.389. The summed E-state index contributed by atoms with van der Waals surface area (Å²) in [4.78, 5) is 0. The van der Waals surface area contributed by atoms with Crippen molar-refractivity contribution in [1.29, 1.82) is 0 Å². The van der Waals surface area contributed by atoms with Gasteiger partial charge in [-0.2, -0.15) is 0 Å². The smallest absolute Gasteiger partial charge is 0.0845 e. The largest absolute Gasteiger partial charge is 0.502 e. The first kappa shape index (κ1) is 8.50. The SMILES string of the molecule is CCO/C=C\COCC. The minimum Gasteiger partial charge on any atom is -0.502 e. The zero-order valence-electron chi connectivity index (χ0n) is 6.09. The zero-order valence-corrected chi connectivity index (χ0v) is 6.09. The summed E-state index contributed by atoms with van der Waals surface area (Å²) in [6, 6.07) is 0. The van der Waals surface area contributed by atoms with Gasteiger partial charge < -0.3 is 9.47 Å². The molecule has 0 fully saturated rings. The maximum atomic E-state index is 5.01. The van der Waals surface area contributed by atoms with Crippen LogP contribution >= 0.6 is 0 Å². The first-order chi connectivity index (χ1) is 4.41. The van der Waals surface area contributed by atoms with E-state index in [9.17, 15) is 0 Å². The number of rotatable bonds is 5. The molecular weight excluding hydrogens is 116 g/mol. The topological polar surface area (TPSA) is 18.5 Å². The molecule has 0 bridgehead atoms. The Bertz CT molecular complexity index is 69.3. The highest BCUT2D eigenvalue weighted by Gasteiger charge is 1.74. The van der Waals surface area contributed by atoms with Crippen LogP contribution in [0.25, 0.3) is 0 Å². The molecular formula is C7H14O2. The van der Waals surface area contributed by atoms with E-state index in [1.807, 2.05) is 19.9 Å². The average molecular weight is 130 g/mol. The summed E-state index contributed by atoms with van der Waals surface area (Å²) >= 11 is 0. The van der Waals surface area contributed by atoms with E-state index < -0.39 is 0 Å². The minimum atomic E-state index is 0.649. The van der Waals surface area contributed by atoms with Crippen LogP contribution in [0.2, 0.25) is 0 Å². The van der Waals surface area contributed by atoms with Gasteiger partial charge in [0.05, 0.1) is 19.5 Å². The van der Waals surface area contributed by atoms with Crippen molar-refractivity contribution in [2.75, 3.05) is 19.8 Å². The maximum absolute atomic E-state index is 5.01. The van der Waals surface area contributed by atoms with Crippen LogP contribution in [0.4, 0.5) is 0 Å². The van der Waals surface area contributed by atoms with Crippen molar-refractivity contribution < 1.29 is 9.47 Å². The monoisotopic (exact) mass is 130 g/mol. The summed E-state index contributed by atoms with van der Waals surface area (Å²) in [5.74, 6) is 0. The number of ether oxygens (including phenoxy) is 2. The Hall–Kier alpha value is -0.500. The molecule has 2 nitrogen and oxygen atoms in total. The van der Waals surface area contributed by atoms with E-state index in [1.165, 1.54) is 0 Å². The van der Waals surface area contributed by atoms with Gasteiger partial charge in [-0.1, -0.05) is 0 Å². The summed E-state index contributed by atoms with van der Waals surface area (Å²) in [5, 5.41) is 0. The minimum absolute atomic E-state index is 0.649. The maximum Gasteiger partial charge on any atom is 0.0845 e. The van der Waals surface area contributed by atoms with Gasteiger partial charge in [0.25, 0.3) is 0 Å². The molecule has 0 saturated heterocycles. The first-order valence-electron chi connectivity index (χ1n) is 3.26. The van der Waals surface area contributed by atoms with Crippen molar-refractivity contribution >= 4 is 0 Å². The molecule has 2 heteroatoms. The predicted octanol–water partition coefficient (Wildman–Crippen LogP) is 1.57. The fourth-order valence-corrected chi connectivity index (χ4v) is 0.389. The third-order valence-corrected chi connectivity index (χ3v) is 0.777. The molecule has 0 N–H and O–H groups in total. The molecule has 0 spiro atoms. The van der Waals surface area contributed by atoms with Crippen LogP contribution in [-0.4, -0.2) is 19.8 Å². The summed E-state index contributed by atoms with van der Waals surface area (Å²) in [6.07, 6.45) is 3.52. The second-order valence-corrected chi connectivity index (χ2v) is 1.49. The summed E-state index contributed by atoms with van der Waals surface area (Å²) in [5.41, 5.74) is 0. The van der Waals surface area contributed by atoms with Gasteiger partial charge in [-0.25, -0.2) is 0 Å². The van der Waals surface area contributed by atoms with Crippen molar-refractivity contribution in [3.8, 4) is 0 Å². The lowest BCUT2D eigenvalue weighted by Crippen LogP contribution is -1.88. The van der Waals surface area contributed by atoms with Crippen molar-refractivity contribution in [3.63, 3.8) is 0 Å². The molecule has 0 aliphatic rings. The van der Waals surface area contributed by atoms with E-state index >= 15 is 0 Å². The van der Waals surface area contributed by atoms with E-state index in [4.69, 9.17) is 9.47 Å². The van der Waals surface area contributed by atoms with Crippen molar-refractivity contribution in [3.05, 3.63) is 12.3 Å². The molecule has 0 unspecified atom stereocenters. The molecule has 0 rings (SSSR count). The molecule has 0 aliphatic carbocycles. The molecule has 0 heterocycles. The van der Waals surface area contributed by atoms with E-state index in [0.29, 0.717) is 6.61 Å². The molecule has 0 aromatic carbocycles. The Morgan fingerprint density at radius 3 is 2.56 bits per heavy atom. The Kier molecular flexibility index (Phi) is 7.08. The Morgan fingerprint density at radius 2 is 2.00 bits per heavy atom. The van der Waals surface area contributed by atoms with Gasteiger partial charge in [0, 0.05) is 6.61 Å². The Balaban J connectivity index is 2.86. The van der Waals surface area contributed by atoms with Gasteiger partial charge >= 0.3 is 0 Å². The highest BCUT2D eigenvalue weighted by Crippen LogP contribution is 1.78. The lowest BCUT2D eigenvalue weighted by molar-refractivity contribution is 0.173. The van der Waals surface area contributed by atoms with Gasteiger partial charge in [0.2, 0.25) is 0 Å². The van der Waals surface area contributed by atoms with Crippen molar-refractivity contribution in [1.82, 2.24) is 0 Å². The average Bonchev–Trinajstić information content (AvgIpc) is 1.89. The van der Waals surface area contributed by atoms with Crippen LogP contribution in [0.1, 0.15) is 13.8 Å². The Morgan fingerprint density at radius 1 is 1.22 bits per heavy atom. The second-order valence-electron chi connectivity index (χ2n) is 1.49. The zero-order chi connectivity index (χ0) is 6.95. The van der Waals surface area contributed by atoms with Crippen molar-refractivity contribution in [2.45, 2.75) is 13.8 Å². The first-order valence-corrected chi connectivity index (χ1v) is 3.26. The number of hydrogen-bond acceptors (Lipinski definition) is 2. The van der Waals surface area contributed by atoms with Crippen LogP contribution in [0.3, 0.4) is 0 Å². The van der Waals surface area contributed by atoms with E-state index in [1.54, 1.807) is 6.26 Å². The molecule has 0 aromatic rings. The van der Waals surface area contributed by atoms with Gasteiger partial charge in [-0.05, 0) is 19.9 Å². The van der Waals surface area contributed by atoms with E-state index in [-0.39, 0.29) is 0 Å². The lowest BCUT2D eigenvalue weighted by Gasteiger charge is -1.93. The Labute approximate surface area is 56.5 Å². The van der Waals surface area contributed by atoms with Crippen LogP contribution in [0.15, 0.2) is 12.3 Å². The summed E-state index contributed by atoms with van der Waals surface area (Å²) in [6.45, 7) is 6.05. The van der Waals surface area contributed by atoms with Crippen LogP contribution < -0.4 is 0 Å². The van der Waals surface area contributed by atoms with Crippen LogP contribution in [0, 0.1) is 0 Å². The number of hydrogen-bond donors (Lipinski definition) is 0. The van der Waals surface area contributed by atoms with Gasteiger partial charge in [-0.15, -0.1) is 0 Å². The molecule has 9 heavy (non-hydrogen) atoms. The van der Waals surface area contributed by atoms with Crippen LogP contribution in [-0.2, 0) is 9.47 Å². The quantitative estimate of drug-likeness (QED) is 0.415. The molecule has 0 aliphatic heterocycles. The van der Waals surface area contributed by atoms with Crippen LogP contribution in [0.5, 0.6) is 0 Å². The lowest BCUT2D eigenvalue weighted by atomic mass is 10.6. The summed E-state index contributed by atoms with van der Waals surface area (Å²) < 4.78 is 9.93. The normalized spacial score (nSPS) is 10.4. The molecule has 54 valence electrons. The highest BCUT2D eigenvalue weighted by molar-refractivity contribution is 4.71. The molecule has 0 saturated carbocycles. The fraction of sp³-hybridized carbons (Fsp3) is 0.714. The standard InChI is InChI=1S/C7H14O2/c1-3-8-6-5-7-9-4-2/h5-6H,3-4,7H2,1-2H3/b6-5-. The van der Waals surface area contributed by atoms with E-state index in [0.717, 1.165) is 13.2 Å².